The van der Waals surface area contributed by atoms with E-state index in [2.05, 4.69) is 32.8 Å². The van der Waals surface area contributed by atoms with Crippen LogP contribution in [0.1, 0.15) is 57.0 Å². The Kier molecular flexibility index (Phi) is 8.50. The SMILES string of the molecule is COCCn1nc(C)c(CN(C)C(=O)COC2CC(C)CCC2C(C)C)c1C. The minimum Gasteiger partial charge on any atom is -0.383 e. The number of carbonyl (C=O) groups excluding carboxylic acids is 1. The average molecular weight is 394 g/mol. The van der Waals surface area contributed by atoms with Crippen molar-refractivity contribution in [3.63, 3.8) is 0 Å². The molecule has 1 aliphatic carbocycles. The lowest BCUT2D eigenvalue weighted by Crippen LogP contribution is -2.38. The van der Waals surface area contributed by atoms with Gasteiger partial charge in [0.25, 0.3) is 0 Å². The quantitative estimate of drug-likeness (QED) is 0.643. The van der Waals surface area contributed by atoms with E-state index in [1.54, 1.807) is 12.0 Å². The third-order valence-corrected chi connectivity index (χ3v) is 6.24. The van der Waals surface area contributed by atoms with Gasteiger partial charge in [0.1, 0.15) is 6.61 Å². The van der Waals surface area contributed by atoms with E-state index in [1.807, 2.05) is 18.7 Å². The van der Waals surface area contributed by atoms with Crippen LogP contribution in [0.4, 0.5) is 0 Å². The van der Waals surface area contributed by atoms with Gasteiger partial charge in [-0.05, 0) is 44.4 Å². The molecule has 3 unspecified atom stereocenters. The Labute approximate surface area is 170 Å². The molecule has 0 spiro atoms. The zero-order valence-electron chi connectivity index (χ0n) is 18.8. The molecule has 3 atom stereocenters. The molecule has 2 rings (SSSR count). The monoisotopic (exact) mass is 393 g/mol. The Morgan fingerprint density at radius 1 is 1.32 bits per heavy atom. The highest BCUT2D eigenvalue weighted by Crippen LogP contribution is 2.35. The van der Waals surface area contributed by atoms with Crippen LogP contribution in [0.2, 0.25) is 0 Å². The Morgan fingerprint density at radius 3 is 2.68 bits per heavy atom. The van der Waals surface area contributed by atoms with E-state index in [9.17, 15) is 4.79 Å². The standard InChI is InChI=1S/C22H39N3O3/c1-15(2)19-9-8-16(3)12-21(19)28-14-22(26)24(6)13-20-17(4)23-25(18(20)5)10-11-27-7/h15-16,19,21H,8-14H2,1-7H3. The second kappa shape index (κ2) is 10.4. The minimum atomic E-state index is 0.0316. The fourth-order valence-electron chi connectivity index (χ4n) is 4.28. The van der Waals surface area contributed by atoms with Crippen LogP contribution in [0.3, 0.4) is 0 Å². The molecule has 0 saturated heterocycles. The Balaban J connectivity index is 1.93. The van der Waals surface area contributed by atoms with Crippen molar-refractivity contribution in [2.75, 3.05) is 27.4 Å². The average Bonchev–Trinajstić information content (AvgIpc) is 2.91. The number of rotatable bonds is 9. The predicted octanol–water partition coefficient (Wildman–Crippen LogP) is 3.58. The maximum atomic E-state index is 12.7. The van der Waals surface area contributed by atoms with Gasteiger partial charge in [0, 0.05) is 32.0 Å². The van der Waals surface area contributed by atoms with Crippen molar-refractivity contribution in [2.24, 2.45) is 17.8 Å². The number of ether oxygens (including phenoxy) is 2. The molecule has 6 nitrogen and oxygen atoms in total. The van der Waals surface area contributed by atoms with E-state index in [0.29, 0.717) is 30.9 Å². The van der Waals surface area contributed by atoms with Gasteiger partial charge in [-0.2, -0.15) is 5.10 Å². The van der Waals surface area contributed by atoms with E-state index in [0.717, 1.165) is 29.9 Å². The van der Waals surface area contributed by atoms with Crippen LogP contribution in [0.5, 0.6) is 0 Å². The molecule has 0 bridgehead atoms. The van der Waals surface area contributed by atoms with Crippen molar-refractivity contribution >= 4 is 5.91 Å². The first-order valence-corrected chi connectivity index (χ1v) is 10.6. The molecule has 1 saturated carbocycles. The van der Waals surface area contributed by atoms with Crippen molar-refractivity contribution in [2.45, 2.75) is 73.1 Å². The molecule has 1 aromatic rings. The summed E-state index contributed by atoms with van der Waals surface area (Å²) < 4.78 is 13.2. The molecule has 1 heterocycles. The van der Waals surface area contributed by atoms with Crippen LogP contribution < -0.4 is 0 Å². The number of aryl methyl sites for hydroxylation is 1. The lowest BCUT2D eigenvalue weighted by Gasteiger charge is -2.37. The van der Waals surface area contributed by atoms with Crippen molar-refractivity contribution in [1.29, 1.82) is 0 Å². The largest absolute Gasteiger partial charge is 0.383 e. The van der Waals surface area contributed by atoms with Crippen molar-refractivity contribution in [1.82, 2.24) is 14.7 Å². The van der Waals surface area contributed by atoms with Gasteiger partial charge in [-0.1, -0.05) is 27.2 Å². The summed E-state index contributed by atoms with van der Waals surface area (Å²) in [5, 5.41) is 4.58. The molecule has 1 fully saturated rings. The summed E-state index contributed by atoms with van der Waals surface area (Å²) in [6.45, 7) is 12.9. The lowest BCUT2D eigenvalue weighted by atomic mass is 9.75. The van der Waals surface area contributed by atoms with Gasteiger partial charge in [-0.15, -0.1) is 0 Å². The topological polar surface area (TPSA) is 56.6 Å². The summed E-state index contributed by atoms with van der Waals surface area (Å²) in [4.78, 5) is 14.5. The maximum Gasteiger partial charge on any atom is 0.248 e. The summed E-state index contributed by atoms with van der Waals surface area (Å²) in [5.41, 5.74) is 3.17. The normalized spacial score (nSPS) is 22.6. The third kappa shape index (κ3) is 5.80. The summed E-state index contributed by atoms with van der Waals surface area (Å²) in [5.74, 6) is 1.85. The molecule has 0 aromatic carbocycles. The second-order valence-electron chi connectivity index (χ2n) is 8.79. The van der Waals surface area contributed by atoms with Gasteiger partial charge in [0.05, 0.1) is 24.9 Å². The van der Waals surface area contributed by atoms with Crippen LogP contribution in [-0.4, -0.2) is 54.1 Å². The smallest absolute Gasteiger partial charge is 0.248 e. The van der Waals surface area contributed by atoms with E-state index in [4.69, 9.17) is 9.47 Å². The molecule has 160 valence electrons. The van der Waals surface area contributed by atoms with E-state index >= 15 is 0 Å². The molecule has 1 amide bonds. The molecular formula is C22H39N3O3. The lowest BCUT2D eigenvalue weighted by molar-refractivity contribution is -0.140. The van der Waals surface area contributed by atoms with Crippen LogP contribution in [0.15, 0.2) is 0 Å². The highest BCUT2D eigenvalue weighted by Gasteiger charge is 2.32. The van der Waals surface area contributed by atoms with Crippen molar-refractivity contribution < 1.29 is 14.3 Å². The van der Waals surface area contributed by atoms with Gasteiger partial charge < -0.3 is 14.4 Å². The fraction of sp³-hybridized carbons (Fsp3) is 0.818. The molecule has 6 heteroatoms. The number of carbonyl (C=O) groups is 1. The van der Waals surface area contributed by atoms with E-state index in [-0.39, 0.29) is 18.6 Å². The molecule has 0 aliphatic heterocycles. The Morgan fingerprint density at radius 2 is 2.04 bits per heavy atom. The number of amides is 1. The molecular weight excluding hydrogens is 354 g/mol. The number of hydrogen-bond acceptors (Lipinski definition) is 4. The summed E-state index contributed by atoms with van der Waals surface area (Å²) in [7, 11) is 3.54. The summed E-state index contributed by atoms with van der Waals surface area (Å²) in [6, 6.07) is 0. The second-order valence-corrected chi connectivity index (χ2v) is 8.79. The number of aromatic nitrogens is 2. The molecule has 28 heavy (non-hydrogen) atoms. The summed E-state index contributed by atoms with van der Waals surface area (Å²) in [6.07, 6.45) is 3.72. The first-order chi connectivity index (χ1) is 13.2. The highest BCUT2D eigenvalue weighted by atomic mass is 16.5. The van der Waals surface area contributed by atoms with E-state index in [1.165, 1.54) is 12.8 Å². The number of methoxy groups -OCH3 is 1. The van der Waals surface area contributed by atoms with Crippen LogP contribution in [0.25, 0.3) is 0 Å². The van der Waals surface area contributed by atoms with Crippen LogP contribution >= 0.6 is 0 Å². The molecule has 1 aliphatic rings. The van der Waals surface area contributed by atoms with Crippen LogP contribution in [0, 0.1) is 31.6 Å². The first-order valence-electron chi connectivity index (χ1n) is 10.6. The fourth-order valence-corrected chi connectivity index (χ4v) is 4.28. The Bertz CT molecular complexity index is 641. The third-order valence-electron chi connectivity index (χ3n) is 6.24. The zero-order chi connectivity index (χ0) is 20.8. The van der Waals surface area contributed by atoms with Gasteiger partial charge in [0.15, 0.2) is 0 Å². The molecule has 0 N–H and O–H groups in total. The predicted molar refractivity (Wildman–Crippen MR) is 111 cm³/mol. The zero-order valence-corrected chi connectivity index (χ0v) is 18.8. The number of likely N-dealkylation sites (N-methyl/N-ethyl adjacent to an activating group) is 1. The van der Waals surface area contributed by atoms with Gasteiger partial charge in [0.2, 0.25) is 5.91 Å². The first kappa shape index (κ1) is 22.9. The Hall–Kier alpha value is -1.40. The van der Waals surface area contributed by atoms with E-state index < -0.39 is 0 Å². The van der Waals surface area contributed by atoms with Gasteiger partial charge >= 0.3 is 0 Å². The van der Waals surface area contributed by atoms with Crippen LogP contribution in [-0.2, 0) is 27.4 Å². The number of nitrogens with zero attached hydrogens (tertiary/aromatic N) is 3. The van der Waals surface area contributed by atoms with Gasteiger partial charge in [-0.25, -0.2) is 0 Å². The summed E-state index contributed by atoms with van der Waals surface area (Å²) >= 11 is 0. The van der Waals surface area contributed by atoms with Gasteiger partial charge in [-0.3, -0.25) is 9.48 Å². The highest BCUT2D eigenvalue weighted by molar-refractivity contribution is 5.77. The molecule has 1 aromatic heterocycles. The molecule has 0 radical (unpaired) electrons. The maximum absolute atomic E-state index is 12.7. The number of hydrogen-bond donors (Lipinski definition) is 0. The van der Waals surface area contributed by atoms with Crippen molar-refractivity contribution in [3.8, 4) is 0 Å². The minimum absolute atomic E-state index is 0.0316. The van der Waals surface area contributed by atoms with Crippen molar-refractivity contribution in [3.05, 3.63) is 17.0 Å².